The minimum Gasteiger partial charge on any atom is -0.481 e. The van der Waals surface area contributed by atoms with E-state index in [1.165, 1.54) is 152 Å². The Labute approximate surface area is 482 Å². The van der Waals surface area contributed by atoms with Gasteiger partial charge in [0.05, 0.1) is 55.1 Å². The van der Waals surface area contributed by atoms with Gasteiger partial charge in [0.2, 0.25) is 0 Å². The smallest absolute Gasteiger partial charge is 0.306 e. The number of carbonyl (C=O) groups excluding carboxylic acids is 1. The molecule has 0 bridgehead atoms. The highest BCUT2D eigenvalue weighted by atomic mass is 16.6. The van der Waals surface area contributed by atoms with Gasteiger partial charge in [-0.15, -0.1) is 0 Å². The van der Waals surface area contributed by atoms with Crippen LogP contribution in [0.5, 0.6) is 0 Å². The number of aliphatic hydroxyl groups is 1. The van der Waals surface area contributed by atoms with Crippen molar-refractivity contribution < 1.29 is 53.0 Å². The van der Waals surface area contributed by atoms with E-state index in [1.54, 1.807) is 14.2 Å². The maximum Gasteiger partial charge on any atom is 0.306 e. The molecule has 12 atom stereocenters. The van der Waals surface area contributed by atoms with Crippen molar-refractivity contribution in [2.45, 2.75) is 333 Å². The Balaban J connectivity index is 0.000000282. The number of allylic oxidation sites excluding steroid dienone is 6. The molecule has 6 aliphatic rings. The second-order valence-electron chi connectivity index (χ2n) is 25.4. The Morgan fingerprint density at radius 3 is 1.28 bits per heavy atom. The van der Waals surface area contributed by atoms with Gasteiger partial charge in [-0.1, -0.05) is 164 Å². The number of unbranched alkanes of at least 4 members (excludes halogenated alkanes) is 22. The number of aliphatic hydroxyl groups excluding tert-OH is 1. The molecule has 0 unspecified atom stereocenters. The van der Waals surface area contributed by atoms with E-state index in [2.05, 4.69) is 91.8 Å². The lowest BCUT2D eigenvalue weighted by atomic mass is 9.68. The Bertz CT molecular complexity index is 1810. The van der Waals surface area contributed by atoms with Gasteiger partial charge in [-0.2, -0.15) is 0 Å². The van der Waals surface area contributed by atoms with Crippen LogP contribution in [0.1, 0.15) is 274 Å². The van der Waals surface area contributed by atoms with Gasteiger partial charge in [0, 0.05) is 27.1 Å². The topological polar surface area (TPSA) is 152 Å². The van der Waals surface area contributed by atoms with E-state index in [0.29, 0.717) is 12.8 Å². The summed E-state index contributed by atoms with van der Waals surface area (Å²) in [4.78, 5) is 23.1. The van der Waals surface area contributed by atoms with Gasteiger partial charge in [-0.05, 0) is 144 Å². The molecule has 11 heteroatoms. The maximum absolute atomic E-state index is 12.7. The van der Waals surface area contributed by atoms with Crippen molar-refractivity contribution in [1.82, 2.24) is 0 Å². The van der Waals surface area contributed by atoms with E-state index in [9.17, 15) is 14.7 Å². The zero-order chi connectivity index (χ0) is 57.6. The number of hydrogen-bond acceptors (Lipinski definition) is 10. The predicted octanol–water partition coefficient (Wildman–Crippen LogP) is 16.8. The van der Waals surface area contributed by atoms with Crippen molar-refractivity contribution in [2.75, 3.05) is 27.4 Å². The van der Waals surface area contributed by atoms with Gasteiger partial charge < -0.3 is 43.4 Å². The van der Waals surface area contributed by atoms with Crippen LogP contribution in [0.2, 0.25) is 0 Å². The average molecular weight is 1110 g/mol. The van der Waals surface area contributed by atoms with Crippen LogP contribution in [0.25, 0.3) is 0 Å². The van der Waals surface area contributed by atoms with Crippen molar-refractivity contribution in [3.8, 4) is 0 Å². The zero-order valence-corrected chi connectivity index (χ0v) is 52.1. The molecule has 0 radical (unpaired) electrons. The largest absolute Gasteiger partial charge is 0.481 e. The number of methoxy groups -OCH3 is 2. The molecular formula is C68H118O11. The highest BCUT2D eigenvalue weighted by molar-refractivity contribution is 5.69. The molecule has 79 heavy (non-hydrogen) atoms. The lowest BCUT2D eigenvalue weighted by molar-refractivity contribution is -0.172. The number of epoxide rings is 4. The molecule has 4 saturated heterocycles. The fourth-order valence-corrected chi connectivity index (χ4v) is 12.9. The molecule has 4 heterocycles. The van der Waals surface area contributed by atoms with Gasteiger partial charge in [-0.3, -0.25) is 9.59 Å². The van der Waals surface area contributed by atoms with Crippen molar-refractivity contribution in [1.29, 1.82) is 0 Å². The molecular weight excluding hydrogens is 993 g/mol. The highest BCUT2D eigenvalue weighted by Gasteiger charge is 2.73. The third kappa shape index (κ3) is 24.4. The van der Waals surface area contributed by atoms with Crippen LogP contribution < -0.4 is 0 Å². The number of carboxylic acids is 1. The first-order chi connectivity index (χ1) is 38.1. The maximum atomic E-state index is 12.7. The Kier molecular flexibility index (Phi) is 32.4. The van der Waals surface area contributed by atoms with E-state index in [-0.39, 0.29) is 70.7 Å². The third-order valence-electron chi connectivity index (χ3n) is 18.1. The second kappa shape index (κ2) is 37.0. The molecule has 2 N–H and O–H groups in total. The van der Waals surface area contributed by atoms with Gasteiger partial charge in [0.1, 0.15) is 29.0 Å². The summed E-state index contributed by atoms with van der Waals surface area (Å²) in [7, 11) is 3.42. The van der Waals surface area contributed by atoms with Crippen LogP contribution in [0.15, 0.2) is 47.6 Å². The summed E-state index contributed by atoms with van der Waals surface area (Å²) in [5.74, 6) is -0.548. The van der Waals surface area contributed by atoms with Gasteiger partial charge in [-0.25, -0.2) is 0 Å². The number of hydrogen-bond donors (Lipinski definition) is 2. The van der Waals surface area contributed by atoms with Crippen LogP contribution in [0.3, 0.4) is 0 Å². The predicted molar refractivity (Wildman–Crippen MR) is 321 cm³/mol. The van der Waals surface area contributed by atoms with Crippen LogP contribution in [-0.4, -0.2) is 109 Å². The summed E-state index contributed by atoms with van der Waals surface area (Å²) < 4.78 is 41.7. The van der Waals surface area contributed by atoms with E-state index in [4.69, 9.17) is 38.3 Å². The van der Waals surface area contributed by atoms with Crippen molar-refractivity contribution in [3.63, 3.8) is 0 Å². The van der Waals surface area contributed by atoms with Crippen LogP contribution in [0, 0.1) is 11.8 Å². The number of carboxylic acid groups (broad SMARTS) is 1. The Morgan fingerprint density at radius 1 is 0.532 bits per heavy atom. The Hall–Kier alpha value is -2.38. The molecule has 6 fully saturated rings. The van der Waals surface area contributed by atoms with Gasteiger partial charge in [0.25, 0.3) is 0 Å². The number of rotatable bonds is 39. The Morgan fingerprint density at radius 2 is 0.899 bits per heavy atom. The normalized spacial score (nSPS) is 31.1. The fraction of sp³-hybridized carbons (Fsp3) is 0.853. The first kappa shape index (κ1) is 69.1. The quantitative estimate of drug-likeness (QED) is 0.0262. The number of esters is 1. The lowest BCUT2D eigenvalue weighted by Crippen LogP contribution is -2.55. The second-order valence-corrected chi connectivity index (χ2v) is 25.4. The third-order valence-corrected chi connectivity index (χ3v) is 18.1. The summed E-state index contributed by atoms with van der Waals surface area (Å²) in [6, 6.07) is 0. The van der Waals surface area contributed by atoms with Crippen LogP contribution in [-0.2, 0) is 42.7 Å². The summed E-state index contributed by atoms with van der Waals surface area (Å²) in [6.45, 7) is 18.8. The SMILES string of the molecule is CCCCCCCC/C=C\CCCCCCCC(=O)O.CCCCCCCC/C=C\CCCCCCCC(=O)O[C@@H]1CC[C@]2(CO2)[C@@H]([C@@]2(C)O[C@@H]2CC=C(C)C)[C@@H]1OC.CO[C@@H]1[C@H](O)CC[C@]2(CO2)[C@H]1[C@@]1(C)O[C@@H]1CC=C(C)C. The molecule has 4 aliphatic heterocycles. The molecule has 0 amide bonds. The minimum absolute atomic E-state index is 0.0805. The van der Waals surface area contributed by atoms with E-state index in [1.807, 2.05) is 0 Å². The summed E-state index contributed by atoms with van der Waals surface area (Å²) in [5.41, 5.74) is 1.80. The standard InChI is InChI=1S/C34H58O5.C18H34O2.C16H26O4/c1-6-7-8-9-10-11-12-13-14-15-16-17-18-19-20-21-30(35)38-28-24-25-34(26-37-34)32(31(28)36-5)33(4)29(39-33)23-22-27(2)3;1-2-3-4-5-6-7-8-9-10-11-12-13-14-15-16-17-18(19)20;1-10(2)5-6-12-15(3,20-12)14-13(18-4)11(17)7-8-16(14)9-19-16/h13-14,22,28-29,31-32H,6-12,15-21,23-26H2,1-5H3;9-10H,2-8,11-17H2,1H3,(H,19,20);5,11-14,17H,6-9H2,1-4H3/b14-13-;10-9-;/t28-,29-,31-,32-,33+,34+;;11-,12-,13-,14-,15+,16+/m1.1/s1. The van der Waals surface area contributed by atoms with Gasteiger partial charge >= 0.3 is 11.9 Å². The monoisotopic (exact) mass is 1110 g/mol. The number of carbonyl (C=O) groups is 2. The van der Waals surface area contributed by atoms with Crippen LogP contribution >= 0.6 is 0 Å². The van der Waals surface area contributed by atoms with Crippen molar-refractivity contribution >= 4 is 11.9 Å². The van der Waals surface area contributed by atoms with Gasteiger partial charge in [0.15, 0.2) is 0 Å². The summed E-state index contributed by atoms with van der Waals surface area (Å²) in [5, 5.41) is 18.8. The van der Waals surface area contributed by atoms with E-state index < -0.39 is 12.1 Å². The molecule has 11 nitrogen and oxygen atoms in total. The summed E-state index contributed by atoms with van der Waals surface area (Å²) >= 11 is 0. The molecule has 0 aromatic rings. The summed E-state index contributed by atoms with van der Waals surface area (Å²) in [6.07, 6.45) is 51.8. The van der Waals surface area contributed by atoms with E-state index >= 15 is 0 Å². The molecule has 2 spiro atoms. The lowest BCUT2D eigenvalue weighted by Gasteiger charge is -2.42. The zero-order valence-electron chi connectivity index (χ0n) is 52.1. The first-order valence-corrected chi connectivity index (χ1v) is 32.4. The number of ether oxygens (including phenoxy) is 7. The number of aliphatic carboxylic acids is 1. The fourth-order valence-electron chi connectivity index (χ4n) is 12.9. The molecule has 2 aliphatic carbocycles. The van der Waals surface area contributed by atoms with Crippen LogP contribution in [0.4, 0.5) is 0 Å². The first-order valence-electron chi connectivity index (χ1n) is 32.4. The molecule has 2 saturated carbocycles. The van der Waals surface area contributed by atoms with Crippen molar-refractivity contribution in [3.05, 3.63) is 47.6 Å². The molecule has 0 aromatic heterocycles. The average Bonchev–Trinajstić information content (AvgIpc) is 4.51. The van der Waals surface area contributed by atoms with E-state index in [0.717, 1.165) is 77.4 Å². The minimum atomic E-state index is -0.664. The molecule has 0 aromatic carbocycles. The molecule has 456 valence electrons. The van der Waals surface area contributed by atoms with Crippen molar-refractivity contribution in [2.24, 2.45) is 11.8 Å². The molecule has 6 rings (SSSR count). The highest BCUT2D eigenvalue weighted by Crippen LogP contribution is 2.61.